The van der Waals surface area contributed by atoms with E-state index in [9.17, 15) is 14.7 Å². The molecule has 0 aliphatic carbocycles. The summed E-state index contributed by atoms with van der Waals surface area (Å²) in [5, 5.41) is 12.4. The van der Waals surface area contributed by atoms with Crippen molar-refractivity contribution < 1.29 is 14.7 Å². The molecule has 1 fully saturated rings. The van der Waals surface area contributed by atoms with Crippen molar-refractivity contribution in [1.82, 2.24) is 10.2 Å². The van der Waals surface area contributed by atoms with E-state index in [-0.39, 0.29) is 11.8 Å². The average molecular weight is 318 g/mol. The molecule has 1 aromatic rings. The molecule has 0 spiro atoms. The van der Waals surface area contributed by atoms with Crippen molar-refractivity contribution in [2.24, 2.45) is 0 Å². The van der Waals surface area contributed by atoms with Crippen LogP contribution in [0, 0.1) is 0 Å². The van der Waals surface area contributed by atoms with Crippen LogP contribution in [0.1, 0.15) is 49.9 Å². The van der Waals surface area contributed by atoms with Gasteiger partial charge >= 0.3 is 0 Å². The van der Waals surface area contributed by atoms with E-state index in [0.717, 1.165) is 6.42 Å². The number of rotatable bonds is 6. The fraction of sp³-hybridized carbons (Fsp3) is 0.556. The third-order valence-electron chi connectivity index (χ3n) is 4.63. The first-order chi connectivity index (χ1) is 11.0. The van der Waals surface area contributed by atoms with Crippen LogP contribution in [0.25, 0.3) is 0 Å². The lowest BCUT2D eigenvalue weighted by Crippen LogP contribution is -2.55. The van der Waals surface area contributed by atoms with Crippen LogP contribution in [0.4, 0.5) is 0 Å². The molecule has 1 saturated heterocycles. The van der Waals surface area contributed by atoms with E-state index >= 15 is 0 Å². The van der Waals surface area contributed by atoms with Gasteiger partial charge in [0.1, 0.15) is 5.54 Å². The third-order valence-corrected chi connectivity index (χ3v) is 4.63. The molecule has 2 amide bonds. The molecule has 2 N–H and O–H groups in total. The van der Waals surface area contributed by atoms with Gasteiger partial charge < -0.3 is 15.3 Å². The van der Waals surface area contributed by atoms with Crippen LogP contribution < -0.4 is 5.32 Å². The molecule has 0 saturated carbocycles. The third kappa shape index (κ3) is 3.91. The van der Waals surface area contributed by atoms with Crippen LogP contribution >= 0.6 is 0 Å². The number of nitrogens with one attached hydrogen (secondary N) is 1. The van der Waals surface area contributed by atoms with Gasteiger partial charge in [-0.05, 0) is 44.7 Å². The van der Waals surface area contributed by atoms with Gasteiger partial charge in [-0.1, -0.05) is 25.1 Å². The van der Waals surface area contributed by atoms with E-state index in [2.05, 4.69) is 5.32 Å². The Hall–Kier alpha value is -1.88. The molecule has 5 nitrogen and oxygen atoms in total. The van der Waals surface area contributed by atoms with Crippen molar-refractivity contribution in [1.29, 1.82) is 0 Å². The highest BCUT2D eigenvalue weighted by Gasteiger charge is 2.45. The number of amides is 2. The number of benzene rings is 1. The number of hydrogen-bond acceptors (Lipinski definition) is 3. The SMILES string of the molecule is CCC(O)CCNC(=O)C1(C)CCCN1C(=O)c1ccccc1. The molecule has 126 valence electrons. The highest BCUT2D eigenvalue weighted by Crippen LogP contribution is 2.30. The summed E-state index contributed by atoms with van der Waals surface area (Å²) < 4.78 is 0. The number of aliphatic hydroxyl groups excluding tert-OH is 1. The first kappa shape index (κ1) is 17.5. The van der Waals surface area contributed by atoms with Gasteiger partial charge in [0.2, 0.25) is 5.91 Å². The highest BCUT2D eigenvalue weighted by molar-refractivity contribution is 5.99. The zero-order valence-corrected chi connectivity index (χ0v) is 13.9. The van der Waals surface area contributed by atoms with Gasteiger partial charge in [-0.2, -0.15) is 0 Å². The van der Waals surface area contributed by atoms with Crippen molar-refractivity contribution in [3.63, 3.8) is 0 Å². The second kappa shape index (κ2) is 7.59. The first-order valence-corrected chi connectivity index (χ1v) is 8.32. The molecule has 0 bridgehead atoms. The second-order valence-electron chi connectivity index (χ2n) is 6.31. The van der Waals surface area contributed by atoms with Gasteiger partial charge in [-0.3, -0.25) is 9.59 Å². The number of carbonyl (C=O) groups excluding carboxylic acids is 2. The predicted molar refractivity (Wildman–Crippen MR) is 89.0 cm³/mol. The number of aliphatic hydroxyl groups is 1. The maximum Gasteiger partial charge on any atom is 0.254 e. The Morgan fingerprint density at radius 1 is 1.35 bits per heavy atom. The van der Waals surface area contributed by atoms with Crippen molar-refractivity contribution in [2.45, 2.75) is 51.2 Å². The predicted octanol–water partition coefficient (Wildman–Crippen LogP) is 1.96. The lowest BCUT2D eigenvalue weighted by molar-refractivity contribution is -0.129. The smallest absolute Gasteiger partial charge is 0.254 e. The summed E-state index contributed by atoms with van der Waals surface area (Å²) >= 11 is 0. The molecular formula is C18H26N2O3. The van der Waals surface area contributed by atoms with Gasteiger partial charge in [-0.25, -0.2) is 0 Å². The minimum atomic E-state index is -0.815. The Morgan fingerprint density at radius 2 is 2.04 bits per heavy atom. The zero-order chi connectivity index (χ0) is 16.9. The maximum absolute atomic E-state index is 12.7. The molecule has 2 rings (SSSR count). The van der Waals surface area contributed by atoms with Crippen molar-refractivity contribution in [2.75, 3.05) is 13.1 Å². The number of hydrogen-bond donors (Lipinski definition) is 2. The van der Waals surface area contributed by atoms with E-state index < -0.39 is 11.6 Å². The molecule has 2 atom stereocenters. The Balaban J connectivity index is 2.03. The summed E-state index contributed by atoms with van der Waals surface area (Å²) in [5.74, 6) is -0.239. The molecule has 5 heteroatoms. The molecule has 1 aliphatic rings. The number of likely N-dealkylation sites (tertiary alicyclic amines) is 1. The van der Waals surface area contributed by atoms with Gasteiger partial charge in [0, 0.05) is 18.7 Å². The topological polar surface area (TPSA) is 69.6 Å². The van der Waals surface area contributed by atoms with Gasteiger partial charge in [0.25, 0.3) is 5.91 Å². The first-order valence-electron chi connectivity index (χ1n) is 8.32. The quantitative estimate of drug-likeness (QED) is 0.842. The average Bonchev–Trinajstić information content (AvgIpc) is 2.97. The van der Waals surface area contributed by atoms with Crippen LogP contribution in [0.3, 0.4) is 0 Å². The standard InChI is InChI=1S/C18H26N2O3/c1-3-15(21)10-12-19-17(23)18(2)11-7-13-20(18)16(22)14-8-5-4-6-9-14/h4-6,8-9,15,21H,3,7,10-13H2,1-2H3,(H,19,23). The van der Waals surface area contributed by atoms with E-state index in [1.165, 1.54) is 0 Å². The minimum Gasteiger partial charge on any atom is -0.393 e. The Labute approximate surface area is 137 Å². The summed E-state index contributed by atoms with van der Waals surface area (Å²) in [4.78, 5) is 27.0. The Bertz CT molecular complexity index is 546. The zero-order valence-electron chi connectivity index (χ0n) is 13.9. The monoisotopic (exact) mass is 318 g/mol. The summed E-state index contributed by atoms with van der Waals surface area (Å²) in [6.45, 7) is 4.75. The van der Waals surface area contributed by atoms with E-state index in [4.69, 9.17) is 0 Å². The molecule has 1 aliphatic heterocycles. The van der Waals surface area contributed by atoms with Crippen LogP contribution in [0.2, 0.25) is 0 Å². The molecule has 23 heavy (non-hydrogen) atoms. The normalized spacial score (nSPS) is 22.0. The van der Waals surface area contributed by atoms with Crippen LogP contribution in [-0.2, 0) is 4.79 Å². The summed E-state index contributed by atoms with van der Waals surface area (Å²) in [5.41, 5.74) is -0.209. The van der Waals surface area contributed by atoms with Crippen LogP contribution in [0.15, 0.2) is 30.3 Å². The molecular weight excluding hydrogens is 292 g/mol. The highest BCUT2D eigenvalue weighted by atomic mass is 16.3. The summed E-state index contributed by atoms with van der Waals surface area (Å²) in [7, 11) is 0. The fourth-order valence-corrected chi connectivity index (χ4v) is 3.01. The molecule has 2 unspecified atom stereocenters. The Morgan fingerprint density at radius 3 is 2.70 bits per heavy atom. The van der Waals surface area contributed by atoms with E-state index in [1.807, 2.05) is 32.0 Å². The second-order valence-corrected chi connectivity index (χ2v) is 6.31. The molecule has 0 radical (unpaired) electrons. The number of carbonyl (C=O) groups is 2. The fourth-order valence-electron chi connectivity index (χ4n) is 3.01. The van der Waals surface area contributed by atoms with Crippen molar-refractivity contribution in [3.8, 4) is 0 Å². The largest absolute Gasteiger partial charge is 0.393 e. The van der Waals surface area contributed by atoms with Crippen LogP contribution in [-0.4, -0.2) is 46.6 Å². The lowest BCUT2D eigenvalue weighted by atomic mass is 9.96. The molecule has 0 aromatic heterocycles. The van der Waals surface area contributed by atoms with Crippen LogP contribution in [0.5, 0.6) is 0 Å². The number of nitrogens with zero attached hydrogens (tertiary/aromatic N) is 1. The maximum atomic E-state index is 12.7. The van der Waals surface area contributed by atoms with Crippen molar-refractivity contribution in [3.05, 3.63) is 35.9 Å². The lowest BCUT2D eigenvalue weighted by Gasteiger charge is -2.34. The summed E-state index contributed by atoms with van der Waals surface area (Å²) in [6.07, 6.45) is 2.29. The Kier molecular flexibility index (Phi) is 5.77. The van der Waals surface area contributed by atoms with E-state index in [1.54, 1.807) is 17.0 Å². The molecule has 1 aromatic carbocycles. The summed E-state index contributed by atoms with van der Waals surface area (Å²) in [6, 6.07) is 9.07. The minimum absolute atomic E-state index is 0.102. The molecule has 1 heterocycles. The van der Waals surface area contributed by atoms with Gasteiger partial charge in [0.15, 0.2) is 0 Å². The van der Waals surface area contributed by atoms with Gasteiger partial charge in [-0.15, -0.1) is 0 Å². The van der Waals surface area contributed by atoms with Gasteiger partial charge in [0.05, 0.1) is 6.10 Å². The van der Waals surface area contributed by atoms with E-state index in [0.29, 0.717) is 37.9 Å². The van der Waals surface area contributed by atoms with Crippen molar-refractivity contribution >= 4 is 11.8 Å².